The fourth-order valence-electron chi connectivity index (χ4n) is 3.97. The molecule has 0 saturated heterocycles. The van der Waals surface area contributed by atoms with Gasteiger partial charge < -0.3 is 9.72 Å². The van der Waals surface area contributed by atoms with E-state index in [1.54, 1.807) is 7.11 Å². The highest BCUT2D eigenvalue weighted by atomic mass is 127. The maximum atomic E-state index is 13.6. The molecule has 4 heteroatoms. The number of rotatable bonds is 4. The lowest BCUT2D eigenvalue weighted by Crippen LogP contribution is -2.10. The molecule has 0 atom stereocenters. The van der Waals surface area contributed by atoms with E-state index in [1.807, 2.05) is 66.7 Å². The van der Waals surface area contributed by atoms with Gasteiger partial charge in [0, 0.05) is 10.9 Å². The fraction of sp³-hybridized carbons (Fsp3) is 0.0357. The Hall–Kier alpha value is -3.38. The summed E-state index contributed by atoms with van der Waals surface area (Å²) in [6, 6.07) is 32.3. The predicted octanol–water partition coefficient (Wildman–Crippen LogP) is 7.14. The van der Waals surface area contributed by atoms with E-state index in [2.05, 4.69) is 57.9 Å². The molecule has 1 heterocycles. The van der Waals surface area contributed by atoms with Gasteiger partial charge in [0.2, 0.25) is 5.43 Å². The number of benzene rings is 4. The van der Waals surface area contributed by atoms with Crippen LogP contribution in [0.3, 0.4) is 0 Å². The summed E-state index contributed by atoms with van der Waals surface area (Å²) in [7, 11) is 1.65. The summed E-state index contributed by atoms with van der Waals surface area (Å²) in [5, 5.41) is 0.687. The van der Waals surface area contributed by atoms with Gasteiger partial charge in [-0.15, -0.1) is 0 Å². The molecule has 0 aliphatic heterocycles. The molecular weight excluding hydrogens is 509 g/mol. The minimum absolute atomic E-state index is 0.0279. The van der Waals surface area contributed by atoms with Crippen LogP contribution in [0.25, 0.3) is 44.4 Å². The minimum atomic E-state index is 0.0279. The Labute approximate surface area is 199 Å². The molecule has 32 heavy (non-hydrogen) atoms. The van der Waals surface area contributed by atoms with Gasteiger partial charge in [-0.2, -0.15) is 0 Å². The molecule has 5 rings (SSSR count). The second-order valence-corrected chi connectivity index (χ2v) is 8.63. The molecule has 0 fully saturated rings. The molecule has 5 aromatic rings. The predicted molar refractivity (Wildman–Crippen MR) is 140 cm³/mol. The topological polar surface area (TPSA) is 42.1 Å². The number of ether oxygens (including phenoxy) is 1. The third-order valence-electron chi connectivity index (χ3n) is 5.62. The smallest absolute Gasteiger partial charge is 0.203 e. The van der Waals surface area contributed by atoms with Crippen LogP contribution in [0, 0.1) is 3.57 Å². The highest BCUT2D eigenvalue weighted by molar-refractivity contribution is 14.1. The first-order valence-corrected chi connectivity index (χ1v) is 11.4. The Morgan fingerprint density at radius 1 is 0.719 bits per heavy atom. The van der Waals surface area contributed by atoms with Gasteiger partial charge in [-0.3, -0.25) is 4.79 Å². The van der Waals surface area contributed by atoms with Crippen LogP contribution in [0.5, 0.6) is 5.75 Å². The highest BCUT2D eigenvalue weighted by Crippen LogP contribution is 2.34. The van der Waals surface area contributed by atoms with Crippen LogP contribution < -0.4 is 10.2 Å². The Bertz CT molecular complexity index is 1460. The van der Waals surface area contributed by atoms with Gasteiger partial charge in [0.15, 0.2) is 0 Å². The SMILES string of the molecule is COc1ccc(-c2[nH]c3c(-c4ccccc4)cc(-c4ccccc4)cc3c(=O)c2I)cc1. The van der Waals surface area contributed by atoms with Crippen molar-refractivity contribution in [3.05, 3.63) is 111 Å². The van der Waals surface area contributed by atoms with Crippen LogP contribution in [0.4, 0.5) is 0 Å². The number of pyridine rings is 1. The summed E-state index contributed by atoms with van der Waals surface area (Å²) in [5.74, 6) is 0.782. The van der Waals surface area contributed by atoms with Gasteiger partial charge in [0.25, 0.3) is 0 Å². The van der Waals surface area contributed by atoms with Crippen LogP contribution >= 0.6 is 22.6 Å². The number of H-pyrrole nitrogens is 1. The lowest BCUT2D eigenvalue weighted by Gasteiger charge is -2.14. The normalized spacial score (nSPS) is 10.9. The van der Waals surface area contributed by atoms with Gasteiger partial charge in [-0.25, -0.2) is 0 Å². The Morgan fingerprint density at radius 2 is 1.34 bits per heavy atom. The summed E-state index contributed by atoms with van der Waals surface area (Å²) < 4.78 is 5.96. The van der Waals surface area contributed by atoms with Crippen molar-refractivity contribution in [1.82, 2.24) is 4.98 Å². The number of aromatic nitrogens is 1. The maximum Gasteiger partial charge on any atom is 0.203 e. The summed E-state index contributed by atoms with van der Waals surface area (Å²) in [6.45, 7) is 0. The quantitative estimate of drug-likeness (QED) is 0.252. The van der Waals surface area contributed by atoms with Crippen molar-refractivity contribution in [3.63, 3.8) is 0 Å². The van der Waals surface area contributed by atoms with Crippen molar-refractivity contribution in [3.8, 4) is 39.3 Å². The van der Waals surface area contributed by atoms with E-state index in [0.29, 0.717) is 8.96 Å². The van der Waals surface area contributed by atoms with Crippen molar-refractivity contribution in [1.29, 1.82) is 0 Å². The Kier molecular flexibility index (Phi) is 5.53. The minimum Gasteiger partial charge on any atom is -0.497 e. The lowest BCUT2D eigenvalue weighted by atomic mass is 9.95. The summed E-state index contributed by atoms with van der Waals surface area (Å²) in [6.07, 6.45) is 0. The Balaban J connectivity index is 1.83. The van der Waals surface area contributed by atoms with Crippen molar-refractivity contribution in [2.45, 2.75) is 0 Å². The van der Waals surface area contributed by atoms with Gasteiger partial charge >= 0.3 is 0 Å². The van der Waals surface area contributed by atoms with Crippen molar-refractivity contribution >= 4 is 33.5 Å². The van der Waals surface area contributed by atoms with E-state index in [0.717, 1.165) is 44.8 Å². The number of hydrogen-bond donors (Lipinski definition) is 1. The zero-order valence-corrected chi connectivity index (χ0v) is 19.6. The number of halogens is 1. The van der Waals surface area contributed by atoms with Crippen LogP contribution in [0.1, 0.15) is 0 Å². The largest absolute Gasteiger partial charge is 0.497 e. The van der Waals surface area contributed by atoms with E-state index in [9.17, 15) is 4.79 Å². The third-order valence-corrected chi connectivity index (χ3v) is 6.65. The summed E-state index contributed by atoms with van der Waals surface area (Å²) >= 11 is 2.15. The molecule has 0 amide bonds. The van der Waals surface area contributed by atoms with E-state index in [4.69, 9.17) is 4.74 Å². The number of nitrogens with one attached hydrogen (secondary N) is 1. The van der Waals surface area contributed by atoms with Gasteiger partial charge in [-0.1, -0.05) is 60.7 Å². The van der Waals surface area contributed by atoms with Crippen molar-refractivity contribution in [2.75, 3.05) is 7.11 Å². The molecule has 0 aliphatic rings. The lowest BCUT2D eigenvalue weighted by molar-refractivity contribution is 0.415. The summed E-state index contributed by atoms with van der Waals surface area (Å²) in [5.41, 5.74) is 6.80. The molecule has 1 aromatic heterocycles. The van der Waals surface area contributed by atoms with E-state index in [1.165, 1.54) is 0 Å². The number of aromatic amines is 1. The molecule has 0 unspecified atom stereocenters. The molecule has 3 nitrogen and oxygen atoms in total. The average molecular weight is 529 g/mol. The van der Waals surface area contributed by atoms with Crippen LogP contribution in [-0.4, -0.2) is 12.1 Å². The fourth-order valence-corrected chi connectivity index (χ4v) is 4.70. The number of methoxy groups -OCH3 is 1. The van der Waals surface area contributed by atoms with Gasteiger partial charge in [0.1, 0.15) is 5.75 Å². The molecule has 1 N–H and O–H groups in total. The van der Waals surface area contributed by atoms with Crippen LogP contribution in [0.15, 0.2) is 102 Å². The van der Waals surface area contributed by atoms with Crippen LogP contribution in [0.2, 0.25) is 0 Å². The van der Waals surface area contributed by atoms with E-state index >= 15 is 0 Å². The second-order valence-electron chi connectivity index (χ2n) is 7.55. The monoisotopic (exact) mass is 529 g/mol. The molecule has 0 aliphatic carbocycles. The molecule has 4 aromatic carbocycles. The molecule has 0 saturated carbocycles. The molecule has 0 radical (unpaired) electrons. The summed E-state index contributed by atoms with van der Waals surface area (Å²) in [4.78, 5) is 17.1. The maximum absolute atomic E-state index is 13.6. The molecule has 0 spiro atoms. The van der Waals surface area contributed by atoms with Gasteiger partial charge in [0.05, 0.1) is 21.9 Å². The molecule has 0 bridgehead atoms. The first kappa shape index (κ1) is 20.5. The van der Waals surface area contributed by atoms with Gasteiger partial charge in [-0.05, 0) is 81.2 Å². The number of hydrogen-bond acceptors (Lipinski definition) is 2. The second kappa shape index (κ2) is 8.63. The van der Waals surface area contributed by atoms with Crippen LogP contribution in [-0.2, 0) is 0 Å². The number of fused-ring (bicyclic) bond motifs is 1. The van der Waals surface area contributed by atoms with E-state index < -0.39 is 0 Å². The Morgan fingerprint density at radius 3 is 1.97 bits per heavy atom. The van der Waals surface area contributed by atoms with Crippen molar-refractivity contribution in [2.24, 2.45) is 0 Å². The zero-order valence-electron chi connectivity index (χ0n) is 17.4. The first-order valence-electron chi connectivity index (χ1n) is 10.3. The zero-order chi connectivity index (χ0) is 22.1. The average Bonchev–Trinajstić information content (AvgIpc) is 2.87. The van der Waals surface area contributed by atoms with Crippen molar-refractivity contribution < 1.29 is 4.74 Å². The first-order chi connectivity index (χ1) is 15.7. The molecule has 156 valence electrons. The molecular formula is C28H20INO2. The standard InChI is InChI=1S/C28H20INO2/c1-32-22-14-12-20(13-15-22)26-25(29)28(31)24-17-21(18-8-4-2-5-9-18)16-23(27(24)30-26)19-10-6-3-7-11-19/h2-17H,1H3,(H,30,31). The highest BCUT2D eigenvalue weighted by Gasteiger charge is 2.16. The van der Waals surface area contributed by atoms with E-state index in [-0.39, 0.29) is 5.43 Å². The third kappa shape index (κ3) is 3.71.